The van der Waals surface area contributed by atoms with Crippen LogP contribution in [0.5, 0.6) is 11.5 Å². The summed E-state index contributed by atoms with van der Waals surface area (Å²) in [6.07, 6.45) is 4.42. The highest BCUT2D eigenvalue weighted by molar-refractivity contribution is 5.56. The first kappa shape index (κ1) is 11.1. The van der Waals surface area contributed by atoms with Gasteiger partial charge >= 0.3 is 0 Å². The smallest absolute Gasteiger partial charge is 0.159 e. The normalized spacial score (nSPS) is 9.88. The molecule has 2 rings (SSSR count). The Morgan fingerprint density at radius 3 is 2.41 bits per heavy atom. The fourth-order valence-electron chi connectivity index (χ4n) is 1.33. The van der Waals surface area contributed by atoms with Crippen molar-refractivity contribution in [2.24, 2.45) is 0 Å². The van der Waals surface area contributed by atoms with Crippen LogP contribution >= 0.6 is 0 Å². The van der Waals surface area contributed by atoms with E-state index < -0.39 is 0 Å². The topological polar surface area (TPSA) is 55.2 Å². The number of hydrogen-bond donors (Lipinski definition) is 1. The highest BCUT2D eigenvalue weighted by Gasteiger charge is 2.01. The summed E-state index contributed by atoms with van der Waals surface area (Å²) in [7, 11) is 0. The zero-order chi connectivity index (χ0) is 12.1. The van der Waals surface area contributed by atoms with Gasteiger partial charge in [-0.1, -0.05) is 12.7 Å². The van der Waals surface area contributed by atoms with Crippen molar-refractivity contribution in [1.29, 1.82) is 0 Å². The second kappa shape index (κ2) is 5.12. The van der Waals surface area contributed by atoms with Crippen LogP contribution in [0, 0.1) is 0 Å². The van der Waals surface area contributed by atoms with E-state index in [2.05, 4.69) is 16.5 Å². The van der Waals surface area contributed by atoms with Crippen molar-refractivity contribution in [1.82, 2.24) is 9.97 Å². The van der Waals surface area contributed by atoms with E-state index in [4.69, 9.17) is 9.84 Å². The van der Waals surface area contributed by atoms with E-state index in [1.165, 1.54) is 12.4 Å². The molecule has 1 aromatic carbocycles. The van der Waals surface area contributed by atoms with Gasteiger partial charge in [0, 0.05) is 5.56 Å². The number of hydrogen-bond acceptors (Lipinski definition) is 4. The Morgan fingerprint density at radius 2 is 1.82 bits per heavy atom. The van der Waals surface area contributed by atoms with Crippen LogP contribution in [0.15, 0.2) is 49.3 Å². The monoisotopic (exact) mass is 228 g/mol. The summed E-state index contributed by atoms with van der Waals surface area (Å²) in [5.41, 5.74) is 0.871. The molecule has 1 heterocycles. The molecule has 4 heteroatoms. The van der Waals surface area contributed by atoms with E-state index in [1.807, 2.05) is 24.3 Å². The number of nitrogens with zero attached hydrogens (tertiary/aromatic N) is 2. The molecular formula is C13H12N2O2. The quantitative estimate of drug-likeness (QED) is 0.816. The van der Waals surface area contributed by atoms with Gasteiger partial charge in [-0.05, 0) is 24.3 Å². The third-order valence-electron chi connectivity index (χ3n) is 2.12. The van der Waals surface area contributed by atoms with Crippen molar-refractivity contribution in [3.05, 3.63) is 49.3 Å². The van der Waals surface area contributed by atoms with Gasteiger partial charge in [-0.2, -0.15) is 0 Å². The van der Waals surface area contributed by atoms with E-state index in [1.54, 1.807) is 6.08 Å². The summed E-state index contributed by atoms with van der Waals surface area (Å²) in [4.78, 5) is 8.04. The Labute approximate surface area is 99.2 Å². The van der Waals surface area contributed by atoms with Crippen LogP contribution in [0.4, 0.5) is 0 Å². The molecule has 0 aliphatic heterocycles. The largest absolute Gasteiger partial charge is 0.505 e. The molecule has 17 heavy (non-hydrogen) atoms. The maximum Gasteiger partial charge on any atom is 0.159 e. The molecule has 0 fully saturated rings. The Hall–Kier alpha value is -2.36. The van der Waals surface area contributed by atoms with E-state index in [0.29, 0.717) is 12.4 Å². The van der Waals surface area contributed by atoms with E-state index in [9.17, 15) is 0 Å². The Morgan fingerprint density at radius 1 is 1.18 bits per heavy atom. The number of aromatic hydroxyl groups is 1. The first-order chi connectivity index (χ1) is 8.29. The summed E-state index contributed by atoms with van der Waals surface area (Å²) in [6.45, 7) is 4.06. The predicted octanol–water partition coefficient (Wildman–Crippen LogP) is 2.41. The summed E-state index contributed by atoms with van der Waals surface area (Å²) in [5, 5.41) is 9.09. The van der Waals surface area contributed by atoms with Gasteiger partial charge in [0.25, 0.3) is 0 Å². The number of ether oxygens (including phenoxy) is 1. The minimum Gasteiger partial charge on any atom is -0.505 e. The van der Waals surface area contributed by atoms with Crippen molar-refractivity contribution >= 4 is 0 Å². The van der Waals surface area contributed by atoms with Crippen LogP contribution < -0.4 is 4.74 Å². The minimum absolute atomic E-state index is 0.0553. The van der Waals surface area contributed by atoms with Gasteiger partial charge in [0.2, 0.25) is 0 Å². The van der Waals surface area contributed by atoms with E-state index >= 15 is 0 Å². The summed E-state index contributed by atoms with van der Waals surface area (Å²) < 4.78 is 5.37. The summed E-state index contributed by atoms with van der Waals surface area (Å²) in [6, 6.07) is 7.42. The van der Waals surface area contributed by atoms with Gasteiger partial charge in [0.1, 0.15) is 12.4 Å². The van der Waals surface area contributed by atoms with Crippen LogP contribution in [0.25, 0.3) is 11.4 Å². The minimum atomic E-state index is 0.0553. The first-order valence-electron chi connectivity index (χ1n) is 5.15. The van der Waals surface area contributed by atoms with Gasteiger partial charge < -0.3 is 9.84 Å². The Balaban J connectivity index is 2.17. The number of aromatic nitrogens is 2. The van der Waals surface area contributed by atoms with Crippen molar-refractivity contribution in [3.63, 3.8) is 0 Å². The highest BCUT2D eigenvalue weighted by Crippen LogP contribution is 2.19. The van der Waals surface area contributed by atoms with Gasteiger partial charge in [-0.25, -0.2) is 9.97 Å². The Bertz CT molecular complexity index is 492. The molecule has 0 atom stereocenters. The van der Waals surface area contributed by atoms with Crippen LogP contribution in [0.3, 0.4) is 0 Å². The first-order valence-corrected chi connectivity index (χ1v) is 5.15. The number of rotatable bonds is 4. The van der Waals surface area contributed by atoms with Gasteiger partial charge in [0.05, 0.1) is 12.4 Å². The maximum absolute atomic E-state index is 9.09. The fraction of sp³-hybridized carbons (Fsp3) is 0.0769. The molecule has 2 aromatic rings. The molecule has 0 saturated heterocycles. The van der Waals surface area contributed by atoms with Crippen LogP contribution in [-0.2, 0) is 0 Å². The van der Waals surface area contributed by atoms with Crippen molar-refractivity contribution in [2.75, 3.05) is 6.61 Å². The molecule has 0 aliphatic rings. The van der Waals surface area contributed by atoms with Gasteiger partial charge in [-0.3, -0.25) is 0 Å². The molecule has 0 radical (unpaired) electrons. The van der Waals surface area contributed by atoms with Gasteiger partial charge in [-0.15, -0.1) is 0 Å². The molecule has 0 aliphatic carbocycles. The summed E-state index contributed by atoms with van der Waals surface area (Å²) >= 11 is 0. The molecular weight excluding hydrogens is 216 g/mol. The zero-order valence-corrected chi connectivity index (χ0v) is 9.21. The van der Waals surface area contributed by atoms with Crippen LogP contribution in [0.2, 0.25) is 0 Å². The SMILES string of the molecule is C=CCOc1ccc(-c2ncc(O)cn2)cc1. The average molecular weight is 228 g/mol. The van der Waals surface area contributed by atoms with Gasteiger partial charge in [0.15, 0.2) is 11.6 Å². The third-order valence-corrected chi connectivity index (χ3v) is 2.12. The molecule has 0 bridgehead atoms. The summed E-state index contributed by atoms with van der Waals surface area (Å²) in [5.74, 6) is 1.39. The molecule has 0 unspecified atom stereocenters. The second-order valence-corrected chi connectivity index (χ2v) is 3.39. The van der Waals surface area contributed by atoms with E-state index in [0.717, 1.165) is 11.3 Å². The van der Waals surface area contributed by atoms with E-state index in [-0.39, 0.29) is 5.75 Å². The lowest BCUT2D eigenvalue weighted by molar-refractivity contribution is 0.363. The molecule has 1 aromatic heterocycles. The lowest BCUT2D eigenvalue weighted by Crippen LogP contribution is -1.93. The Kier molecular flexibility index (Phi) is 3.35. The molecule has 1 N–H and O–H groups in total. The maximum atomic E-state index is 9.09. The predicted molar refractivity (Wildman–Crippen MR) is 64.8 cm³/mol. The zero-order valence-electron chi connectivity index (χ0n) is 9.21. The average Bonchev–Trinajstić information content (AvgIpc) is 2.38. The fourth-order valence-corrected chi connectivity index (χ4v) is 1.33. The molecule has 0 saturated carbocycles. The molecule has 4 nitrogen and oxygen atoms in total. The highest BCUT2D eigenvalue weighted by atomic mass is 16.5. The van der Waals surface area contributed by atoms with Crippen molar-refractivity contribution in [3.8, 4) is 22.9 Å². The van der Waals surface area contributed by atoms with Crippen molar-refractivity contribution in [2.45, 2.75) is 0 Å². The third kappa shape index (κ3) is 2.81. The standard InChI is InChI=1S/C13H12N2O2/c1-2-7-17-12-5-3-10(4-6-12)13-14-8-11(16)9-15-13/h2-6,8-9,16H,1,7H2. The molecule has 0 amide bonds. The lowest BCUT2D eigenvalue weighted by atomic mass is 10.2. The van der Waals surface area contributed by atoms with Crippen LogP contribution in [-0.4, -0.2) is 21.7 Å². The second-order valence-electron chi connectivity index (χ2n) is 3.39. The van der Waals surface area contributed by atoms with Crippen LogP contribution in [0.1, 0.15) is 0 Å². The number of benzene rings is 1. The molecule has 86 valence electrons. The lowest BCUT2D eigenvalue weighted by Gasteiger charge is -2.04. The molecule has 0 spiro atoms. The van der Waals surface area contributed by atoms with Crippen molar-refractivity contribution < 1.29 is 9.84 Å².